The molecule has 0 unspecified atom stereocenters. The van der Waals surface area contributed by atoms with Gasteiger partial charge in [0.25, 0.3) is 0 Å². The van der Waals surface area contributed by atoms with E-state index in [-0.39, 0.29) is 6.10 Å². The topological polar surface area (TPSA) is 13.1 Å². The summed E-state index contributed by atoms with van der Waals surface area (Å²) < 4.78 is 8.35. The van der Waals surface area contributed by atoms with Crippen molar-refractivity contribution in [3.8, 4) is 0 Å². The fourth-order valence-corrected chi connectivity index (χ4v) is 4.03. The van der Waals surface area contributed by atoms with Gasteiger partial charge < -0.3 is 4.74 Å². The van der Waals surface area contributed by atoms with Gasteiger partial charge in [0.15, 0.2) is 12.4 Å². The maximum absolute atomic E-state index is 6.24. The molecule has 2 heterocycles. The lowest BCUT2D eigenvalue weighted by atomic mass is 9.65. The molecule has 1 fully saturated rings. The number of nitrogens with zero attached hydrogens (tertiary/aromatic N) is 1. The molecule has 0 N–H and O–H groups in total. The van der Waals surface area contributed by atoms with Crippen molar-refractivity contribution in [2.75, 3.05) is 6.61 Å². The number of hydrogen-bond donors (Lipinski definition) is 0. The molecular formula is C17H24NO+. The number of allylic oxidation sites excluding steroid dienone is 1. The van der Waals surface area contributed by atoms with Crippen LogP contribution in [0.1, 0.15) is 32.4 Å². The minimum atomic E-state index is 0.224. The predicted molar refractivity (Wildman–Crippen MR) is 75.4 cm³/mol. The number of fused-ring (bicyclic) bond motifs is 2. The summed E-state index contributed by atoms with van der Waals surface area (Å²) in [6, 6.07) is 4.31. The number of pyridine rings is 1. The monoisotopic (exact) mass is 258 g/mol. The van der Waals surface area contributed by atoms with Crippen LogP contribution in [0.2, 0.25) is 0 Å². The second-order valence-corrected chi connectivity index (χ2v) is 6.38. The Morgan fingerprint density at radius 1 is 1.32 bits per heavy atom. The van der Waals surface area contributed by atoms with Crippen LogP contribution in [0.4, 0.5) is 0 Å². The zero-order chi connectivity index (χ0) is 13.6. The first-order chi connectivity index (χ1) is 9.08. The van der Waals surface area contributed by atoms with E-state index in [0.717, 1.165) is 6.61 Å². The first kappa shape index (κ1) is 12.9. The highest BCUT2D eigenvalue weighted by molar-refractivity contribution is 5.22. The minimum Gasteiger partial charge on any atom is -0.372 e. The van der Waals surface area contributed by atoms with Crippen molar-refractivity contribution in [1.82, 2.24) is 0 Å². The number of ether oxygens (including phenoxy) is 1. The lowest BCUT2D eigenvalue weighted by Gasteiger charge is -2.47. The summed E-state index contributed by atoms with van der Waals surface area (Å²) in [6.07, 6.45) is 6.96. The maximum atomic E-state index is 6.24. The van der Waals surface area contributed by atoms with E-state index in [1.165, 1.54) is 11.1 Å². The summed E-state index contributed by atoms with van der Waals surface area (Å²) in [7, 11) is 2.07. The maximum Gasteiger partial charge on any atom is 0.174 e. The van der Waals surface area contributed by atoms with Gasteiger partial charge in [0, 0.05) is 17.5 Å². The Kier molecular flexibility index (Phi) is 3.22. The van der Waals surface area contributed by atoms with E-state index in [1.54, 1.807) is 0 Å². The lowest BCUT2D eigenvalue weighted by Crippen LogP contribution is -2.43. The van der Waals surface area contributed by atoms with Crippen LogP contribution >= 0.6 is 0 Å². The van der Waals surface area contributed by atoms with Crippen LogP contribution in [0.3, 0.4) is 0 Å². The molecular weight excluding hydrogens is 234 g/mol. The smallest absolute Gasteiger partial charge is 0.174 e. The van der Waals surface area contributed by atoms with E-state index in [0.29, 0.717) is 23.7 Å². The van der Waals surface area contributed by atoms with Crippen molar-refractivity contribution >= 4 is 0 Å². The second kappa shape index (κ2) is 4.75. The molecule has 1 aliphatic heterocycles. The average Bonchev–Trinajstić information content (AvgIpc) is 2.35. The number of rotatable bonds is 1. The SMILES string of the molecule is CC1=C[C@H](C)[C@H]2CO[C@@H](c3ccc[n+](C)c3)[C@H]1[C@H]2C. The Morgan fingerprint density at radius 3 is 2.84 bits per heavy atom. The number of hydrogen-bond acceptors (Lipinski definition) is 1. The lowest BCUT2D eigenvalue weighted by molar-refractivity contribution is -0.672. The molecule has 19 heavy (non-hydrogen) atoms. The molecule has 2 nitrogen and oxygen atoms in total. The van der Waals surface area contributed by atoms with Crippen LogP contribution < -0.4 is 4.57 Å². The molecule has 0 spiro atoms. The molecule has 0 radical (unpaired) electrons. The molecule has 5 atom stereocenters. The first-order valence-electron chi connectivity index (χ1n) is 7.33. The third kappa shape index (κ3) is 2.12. The van der Waals surface area contributed by atoms with Gasteiger partial charge >= 0.3 is 0 Å². The fraction of sp³-hybridized carbons (Fsp3) is 0.588. The summed E-state index contributed by atoms with van der Waals surface area (Å²) in [5.74, 6) is 2.59. The molecule has 1 saturated heterocycles. The summed E-state index contributed by atoms with van der Waals surface area (Å²) in [4.78, 5) is 0. The summed E-state index contributed by atoms with van der Waals surface area (Å²) >= 11 is 0. The van der Waals surface area contributed by atoms with Crippen molar-refractivity contribution < 1.29 is 9.30 Å². The molecule has 0 saturated carbocycles. The average molecular weight is 258 g/mol. The van der Waals surface area contributed by atoms with E-state index >= 15 is 0 Å². The Bertz CT molecular complexity index is 508. The Balaban J connectivity index is 1.98. The van der Waals surface area contributed by atoms with Crippen molar-refractivity contribution in [1.29, 1.82) is 0 Å². The van der Waals surface area contributed by atoms with Gasteiger partial charge in [-0.05, 0) is 30.7 Å². The van der Waals surface area contributed by atoms with E-state index in [1.807, 2.05) is 0 Å². The van der Waals surface area contributed by atoms with Gasteiger partial charge in [0.1, 0.15) is 7.05 Å². The molecule has 2 bridgehead atoms. The molecule has 3 rings (SSSR count). The number of aryl methyl sites for hydroxylation is 1. The fourth-order valence-electron chi connectivity index (χ4n) is 4.03. The van der Waals surface area contributed by atoms with Crippen LogP contribution in [0.15, 0.2) is 36.2 Å². The molecule has 1 aromatic rings. The van der Waals surface area contributed by atoms with E-state index in [4.69, 9.17) is 4.74 Å². The van der Waals surface area contributed by atoms with Crippen molar-refractivity contribution in [3.63, 3.8) is 0 Å². The minimum absolute atomic E-state index is 0.224. The van der Waals surface area contributed by atoms with Gasteiger partial charge in [-0.3, -0.25) is 0 Å². The molecule has 2 heteroatoms. The summed E-state index contributed by atoms with van der Waals surface area (Å²) in [5.41, 5.74) is 2.81. The highest BCUT2D eigenvalue weighted by Crippen LogP contribution is 2.49. The second-order valence-electron chi connectivity index (χ2n) is 6.38. The third-order valence-corrected chi connectivity index (χ3v) is 5.05. The Labute approximate surface area is 116 Å². The molecule has 2 aliphatic rings. The number of aromatic nitrogens is 1. The van der Waals surface area contributed by atoms with E-state index in [2.05, 4.69) is 63.0 Å². The van der Waals surface area contributed by atoms with Gasteiger partial charge in [0.05, 0.1) is 12.7 Å². The van der Waals surface area contributed by atoms with Crippen LogP contribution in [-0.2, 0) is 11.8 Å². The molecule has 0 amide bonds. The van der Waals surface area contributed by atoms with Crippen LogP contribution in [0.5, 0.6) is 0 Å². The third-order valence-electron chi connectivity index (χ3n) is 5.05. The van der Waals surface area contributed by atoms with Crippen molar-refractivity contribution in [2.45, 2.75) is 26.9 Å². The zero-order valence-corrected chi connectivity index (χ0v) is 12.3. The van der Waals surface area contributed by atoms with Gasteiger partial charge in [-0.15, -0.1) is 0 Å². The van der Waals surface area contributed by atoms with Crippen molar-refractivity contribution in [2.24, 2.45) is 30.7 Å². The highest BCUT2D eigenvalue weighted by Gasteiger charge is 2.44. The molecule has 102 valence electrons. The van der Waals surface area contributed by atoms with Crippen LogP contribution in [0, 0.1) is 23.7 Å². The largest absolute Gasteiger partial charge is 0.372 e. The van der Waals surface area contributed by atoms with Gasteiger partial charge in [-0.1, -0.05) is 25.5 Å². The van der Waals surface area contributed by atoms with Gasteiger partial charge in [0.2, 0.25) is 0 Å². The summed E-state index contributed by atoms with van der Waals surface area (Å²) in [5, 5.41) is 0. The molecule has 0 aromatic carbocycles. The predicted octanol–water partition coefficient (Wildman–Crippen LogP) is 3.05. The summed E-state index contributed by atoms with van der Waals surface area (Å²) in [6.45, 7) is 7.90. The van der Waals surface area contributed by atoms with Gasteiger partial charge in [-0.2, -0.15) is 0 Å². The quantitative estimate of drug-likeness (QED) is 0.557. The first-order valence-corrected chi connectivity index (χ1v) is 7.33. The standard InChI is InChI=1S/C17H24NO/c1-11-8-12(2)16-13(3)15(11)10-19-17(16)14-6-5-7-18(4)9-14/h5-9,11,13,15-17H,10H2,1-4H3/q+1/t11-,13-,15+,16+,17-/m0/s1. The van der Waals surface area contributed by atoms with Crippen LogP contribution in [0.25, 0.3) is 0 Å². The molecule has 1 aromatic heterocycles. The van der Waals surface area contributed by atoms with Gasteiger partial charge in [-0.25, -0.2) is 4.57 Å². The van der Waals surface area contributed by atoms with E-state index < -0.39 is 0 Å². The zero-order valence-electron chi connectivity index (χ0n) is 12.3. The molecule has 1 aliphatic carbocycles. The highest BCUT2D eigenvalue weighted by atomic mass is 16.5. The van der Waals surface area contributed by atoms with Crippen LogP contribution in [-0.4, -0.2) is 6.61 Å². The van der Waals surface area contributed by atoms with Crippen molar-refractivity contribution in [3.05, 3.63) is 41.7 Å². The van der Waals surface area contributed by atoms with E-state index in [9.17, 15) is 0 Å². The Morgan fingerprint density at radius 2 is 2.11 bits per heavy atom. The Hall–Kier alpha value is -1.15. The normalized spacial score (nSPS) is 37.9.